The summed E-state index contributed by atoms with van der Waals surface area (Å²) in [4.78, 5) is 31.4. The van der Waals surface area contributed by atoms with Crippen LogP contribution in [0.3, 0.4) is 0 Å². The normalized spacial score (nSPS) is 12.0. The van der Waals surface area contributed by atoms with E-state index in [0.29, 0.717) is 24.0 Å². The second-order valence-electron chi connectivity index (χ2n) is 5.95. The first-order valence-corrected chi connectivity index (χ1v) is 9.99. The summed E-state index contributed by atoms with van der Waals surface area (Å²) in [6.45, 7) is 4.12. The Kier molecular flexibility index (Phi) is 5.24. The highest BCUT2D eigenvalue weighted by Crippen LogP contribution is 2.14. The van der Waals surface area contributed by atoms with Gasteiger partial charge < -0.3 is 9.55 Å². The third kappa shape index (κ3) is 3.69. The molecule has 8 nitrogen and oxygen atoms in total. The molecule has 27 heavy (non-hydrogen) atoms. The minimum absolute atomic E-state index is 0.0222. The Labute approximate surface area is 156 Å². The predicted molar refractivity (Wildman–Crippen MR) is 102 cm³/mol. The van der Waals surface area contributed by atoms with Gasteiger partial charge in [0.05, 0.1) is 22.3 Å². The van der Waals surface area contributed by atoms with E-state index < -0.39 is 10.0 Å². The van der Waals surface area contributed by atoms with E-state index >= 15 is 0 Å². The van der Waals surface area contributed by atoms with E-state index in [1.807, 2.05) is 0 Å². The van der Waals surface area contributed by atoms with Gasteiger partial charge in [0.1, 0.15) is 5.82 Å². The topological polar surface area (TPSA) is 105 Å². The van der Waals surface area contributed by atoms with Crippen molar-refractivity contribution in [2.24, 2.45) is 0 Å². The van der Waals surface area contributed by atoms with Gasteiger partial charge in [0.2, 0.25) is 10.0 Å². The molecule has 0 bridgehead atoms. The Morgan fingerprint density at radius 1 is 1.07 bits per heavy atom. The molecule has 0 fully saturated rings. The van der Waals surface area contributed by atoms with Crippen LogP contribution < -0.4 is 11.1 Å². The number of aromatic nitrogens is 3. The number of pyridine rings is 1. The third-order valence-electron chi connectivity index (χ3n) is 4.28. The maximum absolute atomic E-state index is 12.7. The van der Waals surface area contributed by atoms with Gasteiger partial charge in [-0.05, 0) is 18.2 Å². The van der Waals surface area contributed by atoms with E-state index in [1.54, 1.807) is 38.1 Å². The van der Waals surface area contributed by atoms with E-state index in [9.17, 15) is 18.0 Å². The molecule has 0 aliphatic heterocycles. The third-order valence-corrected chi connectivity index (χ3v) is 6.31. The number of benzene rings is 1. The van der Waals surface area contributed by atoms with Crippen LogP contribution in [-0.4, -0.2) is 40.3 Å². The molecule has 2 aromatic heterocycles. The number of aromatic amines is 1. The molecule has 0 unspecified atom stereocenters. The number of nitrogens with one attached hydrogen (secondary N) is 1. The fourth-order valence-electron chi connectivity index (χ4n) is 2.87. The first-order valence-electron chi connectivity index (χ1n) is 8.55. The van der Waals surface area contributed by atoms with Crippen molar-refractivity contribution in [3.63, 3.8) is 0 Å². The summed E-state index contributed by atoms with van der Waals surface area (Å²) in [7, 11) is -3.69. The van der Waals surface area contributed by atoms with Gasteiger partial charge in [-0.2, -0.15) is 4.31 Å². The number of hydrogen-bond donors (Lipinski definition) is 1. The van der Waals surface area contributed by atoms with Crippen LogP contribution in [0.1, 0.15) is 19.7 Å². The molecule has 1 aromatic carbocycles. The first kappa shape index (κ1) is 19.0. The van der Waals surface area contributed by atoms with Gasteiger partial charge in [0, 0.05) is 25.4 Å². The largest absolute Gasteiger partial charge is 0.308 e. The standard InChI is InChI=1S/C18H20N4O4S/c1-3-22(4-2)27(25,26)13-9-10-17(23)21(11-13)12-16-19-15-8-6-5-7-14(15)18(24)20-16/h5-11H,3-4,12H2,1-2H3,(H,19,20,24). The molecule has 0 saturated heterocycles. The molecular formula is C18H20N4O4S. The molecular weight excluding hydrogens is 368 g/mol. The number of hydrogen-bond acceptors (Lipinski definition) is 5. The summed E-state index contributed by atoms with van der Waals surface area (Å²) in [5.41, 5.74) is -0.184. The average molecular weight is 388 g/mol. The lowest BCUT2D eigenvalue weighted by Crippen LogP contribution is -2.32. The molecule has 0 radical (unpaired) electrons. The monoisotopic (exact) mass is 388 g/mol. The molecule has 0 spiro atoms. The molecule has 0 saturated carbocycles. The summed E-state index contributed by atoms with van der Waals surface area (Å²) in [6.07, 6.45) is 1.28. The summed E-state index contributed by atoms with van der Waals surface area (Å²) >= 11 is 0. The summed E-state index contributed by atoms with van der Waals surface area (Å²) < 4.78 is 27.9. The van der Waals surface area contributed by atoms with Crippen LogP contribution in [0.5, 0.6) is 0 Å². The van der Waals surface area contributed by atoms with E-state index in [-0.39, 0.29) is 28.4 Å². The van der Waals surface area contributed by atoms with Crippen LogP contribution in [-0.2, 0) is 16.6 Å². The predicted octanol–water partition coefficient (Wildman–Crippen LogP) is 1.16. The van der Waals surface area contributed by atoms with Crippen LogP contribution in [0.25, 0.3) is 10.9 Å². The number of sulfonamides is 1. The molecule has 0 aliphatic rings. The Morgan fingerprint density at radius 3 is 2.48 bits per heavy atom. The van der Waals surface area contributed by atoms with Crippen molar-refractivity contribution in [3.8, 4) is 0 Å². The minimum Gasteiger partial charge on any atom is -0.308 e. The molecule has 3 rings (SSSR count). The SMILES string of the molecule is CCN(CC)S(=O)(=O)c1ccc(=O)n(Cc2nc3ccccc3c(=O)[nH]2)c1. The van der Waals surface area contributed by atoms with Gasteiger partial charge in [-0.3, -0.25) is 9.59 Å². The maximum Gasteiger partial charge on any atom is 0.258 e. The number of rotatable bonds is 6. The van der Waals surface area contributed by atoms with Gasteiger partial charge in [-0.15, -0.1) is 0 Å². The second kappa shape index (κ2) is 7.45. The van der Waals surface area contributed by atoms with Crippen LogP contribution in [0.15, 0.2) is 57.1 Å². The Bertz CT molecular complexity index is 1190. The molecule has 0 aliphatic carbocycles. The lowest BCUT2D eigenvalue weighted by Gasteiger charge is -2.19. The number of fused-ring (bicyclic) bond motifs is 1. The molecule has 142 valence electrons. The van der Waals surface area contributed by atoms with Gasteiger partial charge in [0.15, 0.2) is 0 Å². The van der Waals surface area contributed by atoms with Crippen molar-refractivity contribution in [1.29, 1.82) is 0 Å². The number of para-hydroxylation sites is 1. The Balaban J connectivity index is 2.04. The van der Waals surface area contributed by atoms with Crippen molar-refractivity contribution >= 4 is 20.9 Å². The molecule has 1 N–H and O–H groups in total. The van der Waals surface area contributed by atoms with Crippen LogP contribution in [0.4, 0.5) is 0 Å². The van der Waals surface area contributed by atoms with E-state index in [2.05, 4.69) is 9.97 Å². The number of nitrogens with zero attached hydrogens (tertiary/aromatic N) is 3. The second-order valence-corrected chi connectivity index (χ2v) is 7.89. The minimum atomic E-state index is -3.69. The zero-order valence-corrected chi connectivity index (χ0v) is 15.9. The van der Waals surface area contributed by atoms with Gasteiger partial charge in [0.25, 0.3) is 11.1 Å². The van der Waals surface area contributed by atoms with E-state index in [0.717, 1.165) is 0 Å². The summed E-state index contributed by atoms with van der Waals surface area (Å²) in [6, 6.07) is 9.37. The maximum atomic E-state index is 12.7. The number of H-pyrrole nitrogens is 1. The van der Waals surface area contributed by atoms with Gasteiger partial charge in [-0.1, -0.05) is 26.0 Å². The highest BCUT2D eigenvalue weighted by atomic mass is 32.2. The van der Waals surface area contributed by atoms with Crippen LogP contribution in [0, 0.1) is 0 Å². The van der Waals surface area contributed by atoms with Crippen molar-refractivity contribution in [3.05, 3.63) is 69.1 Å². The quantitative estimate of drug-likeness (QED) is 0.682. The summed E-state index contributed by atoms with van der Waals surface area (Å²) in [5, 5.41) is 0.450. The summed E-state index contributed by atoms with van der Waals surface area (Å²) in [5.74, 6) is 0.276. The lowest BCUT2D eigenvalue weighted by atomic mass is 10.2. The highest BCUT2D eigenvalue weighted by molar-refractivity contribution is 7.89. The molecule has 3 aromatic rings. The Hall–Kier alpha value is -2.78. The fourth-order valence-corrected chi connectivity index (χ4v) is 4.35. The highest BCUT2D eigenvalue weighted by Gasteiger charge is 2.22. The Morgan fingerprint density at radius 2 is 1.78 bits per heavy atom. The molecule has 0 amide bonds. The van der Waals surface area contributed by atoms with Crippen molar-refractivity contribution in [1.82, 2.24) is 18.8 Å². The van der Waals surface area contributed by atoms with Crippen molar-refractivity contribution < 1.29 is 8.42 Å². The first-order chi connectivity index (χ1) is 12.9. The van der Waals surface area contributed by atoms with Crippen molar-refractivity contribution in [2.45, 2.75) is 25.3 Å². The average Bonchev–Trinajstić information content (AvgIpc) is 2.64. The smallest absolute Gasteiger partial charge is 0.258 e. The zero-order valence-electron chi connectivity index (χ0n) is 15.0. The van der Waals surface area contributed by atoms with Crippen LogP contribution >= 0.6 is 0 Å². The van der Waals surface area contributed by atoms with Gasteiger partial charge >= 0.3 is 0 Å². The zero-order chi connectivity index (χ0) is 19.6. The van der Waals surface area contributed by atoms with Crippen molar-refractivity contribution in [2.75, 3.05) is 13.1 Å². The lowest BCUT2D eigenvalue weighted by molar-refractivity contribution is 0.444. The molecule has 2 heterocycles. The van der Waals surface area contributed by atoms with Gasteiger partial charge in [-0.25, -0.2) is 13.4 Å². The molecule has 9 heteroatoms. The fraction of sp³-hybridized carbons (Fsp3) is 0.278. The van der Waals surface area contributed by atoms with E-state index in [1.165, 1.54) is 27.2 Å². The molecule has 0 atom stereocenters. The van der Waals surface area contributed by atoms with Crippen LogP contribution in [0.2, 0.25) is 0 Å². The van der Waals surface area contributed by atoms with E-state index in [4.69, 9.17) is 0 Å².